The van der Waals surface area contributed by atoms with Gasteiger partial charge in [0.25, 0.3) is 0 Å². The summed E-state index contributed by atoms with van der Waals surface area (Å²) in [5, 5.41) is 5.43. The number of benzene rings is 1. The Bertz CT molecular complexity index is 574. The molecule has 6 nitrogen and oxygen atoms in total. The number of ether oxygens (including phenoxy) is 1. The molecular weight excluding hydrogens is 304 g/mol. The maximum absolute atomic E-state index is 11.6. The second-order valence-electron chi connectivity index (χ2n) is 5.37. The van der Waals surface area contributed by atoms with Crippen LogP contribution in [0.1, 0.15) is 19.3 Å². The van der Waals surface area contributed by atoms with Crippen molar-refractivity contribution in [2.75, 3.05) is 24.7 Å². The van der Waals surface area contributed by atoms with Gasteiger partial charge in [0.05, 0.1) is 18.1 Å². The van der Waals surface area contributed by atoms with Crippen LogP contribution in [0.15, 0.2) is 30.3 Å². The minimum Gasteiger partial charge on any atom is -0.494 e. The molecule has 0 aliphatic carbocycles. The molecule has 122 valence electrons. The first kappa shape index (κ1) is 16.6. The number of carbonyl (C=O) groups excluding carboxylic acids is 1. The van der Waals surface area contributed by atoms with Crippen LogP contribution in [0.2, 0.25) is 0 Å². The molecule has 0 aromatic heterocycles. The van der Waals surface area contributed by atoms with E-state index in [4.69, 9.17) is 4.74 Å². The van der Waals surface area contributed by atoms with Crippen LogP contribution in [0.5, 0.6) is 5.75 Å². The van der Waals surface area contributed by atoms with E-state index >= 15 is 0 Å². The van der Waals surface area contributed by atoms with Gasteiger partial charge in [-0.05, 0) is 31.4 Å². The van der Waals surface area contributed by atoms with E-state index < -0.39 is 9.84 Å². The third kappa shape index (κ3) is 5.93. The van der Waals surface area contributed by atoms with E-state index in [0.717, 1.165) is 18.6 Å². The van der Waals surface area contributed by atoms with E-state index in [9.17, 15) is 13.2 Å². The summed E-state index contributed by atoms with van der Waals surface area (Å²) < 4.78 is 28.1. The molecule has 1 aliphatic heterocycles. The highest BCUT2D eigenvalue weighted by molar-refractivity contribution is 7.91. The summed E-state index contributed by atoms with van der Waals surface area (Å²) in [5.74, 6) is 1.05. The van der Waals surface area contributed by atoms with Gasteiger partial charge < -0.3 is 15.4 Å². The number of hydrogen-bond acceptors (Lipinski definition) is 4. The molecule has 0 saturated carbocycles. The zero-order chi connectivity index (χ0) is 15.8. The van der Waals surface area contributed by atoms with E-state index in [2.05, 4.69) is 10.6 Å². The number of amides is 2. The van der Waals surface area contributed by atoms with Crippen LogP contribution in [0.3, 0.4) is 0 Å². The number of rotatable bonds is 7. The molecule has 2 amide bonds. The molecule has 1 heterocycles. The lowest BCUT2D eigenvalue weighted by Crippen LogP contribution is -2.42. The first-order valence-electron chi connectivity index (χ1n) is 7.48. The van der Waals surface area contributed by atoms with Crippen molar-refractivity contribution in [3.63, 3.8) is 0 Å². The first-order valence-corrected chi connectivity index (χ1v) is 9.30. The molecule has 1 aliphatic rings. The van der Waals surface area contributed by atoms with Crippen LogP contribution < -0.4 is 15.4 Å². The molecule has 0 spiro atoms. The van der Waals surface area contributed by atoms with Gasteiger partial charge in [0.1, 0.15) is 5.75 Å². The van der Waals surface area contributed by atoms with Crippen molar-refractivity contribution in [2.45, 2.75) is 25.3 Å². The molecule has 1 aromatic carbocycles. The normalized spacial score (nSPS) is 19.5. The van der Waals surface area contributed by atoms with Crippen molar-refractivity contribution in [1.29, 1.82) is 0 Å². The molecule has 2 rings (SSSR count). The van der Waals surface area contributed by atoms with E-state index in [1.807, 2.05) is 30.3 Å². The highest BCUT2D eigenvalue weighted by atomic mass is 32.2. The monoisotopic (exact) mass is 326 g/mol. The summed E-state index contributed by atoms with van der Waals surface area (Å²) in [7, 11) is -2.96. The van der Waals surface area contributed by atoms with Crippen LogP contribution in [0.4, 0.5) is 4.79 Å². The summed E-state index contributed by atoms with van der Waals surface area (Å²) >= 11 is 0. The van der Waals surface area contributed by atoms with Crippen LogP contribution in [0, 0.1) is 0 Å². The smallest absolute Gasteiger partial charge is 0.315 e. The average molecular weight is 326 g/mol. The number of hydrogen-bond donors (Lipinski definition) is 2. The highest BCUT2D eigenvalue weighted by Crippen LogP contribution is 2.11. The highest BCUT2D eigenvalue weighted by Gasteiger charge is 2.28. The topological polar surface area (TPSA) is 84.5 Å². The van der Waals surface area contributed by atoms with Gasteiger partial charge in [-0.25, -0.2) is 13.2 Å². The molecule has 1 aromatic rings. The summed E-state index contributed by atoms with van der Waals surface area (Å²) in [4.78, 5) is 11.6. The van der Waals surface area contributed by atoms with E-state index in [-0.39, 0.29) is 23.6 Å². The molecule has 0 radical (unpaired) electrons. The molecule has 7 heteroatoms. The van der Waals surface area contributed by atoms with Crippen LogP contribution in [-0.4, -0.2) is 45.1 Å². The minimum absolute atomic E-state index is 0.0470. The van der Waals surface area contributed by atoms with Crippen LogP contribution >= 0.6 is 0 Å². The Morgan fingerprint density at radius 3 is 2.68 bits per heavy atom. The van der Waals surface area contributed by atoms with E-state index in [1.165, 1.54) is 0 Å². The van der Waals surface area contributed by atoms with Gasteiger partial charge in [-0.3, -0.25) is 0 Å². The SMILES string of the molecule is O=C(NCCCCOc1ccccc1)N[C@@H]1CCS(=O)(=O)C1. The molecular formula is C15H22N2O4S. The lowest BCUT2D eigenvalue weighted by atomic mass is 10.3. The first-order chi connectivity index (χ1) is 10.6. The minimum atomic E-state index is -2.96. The second kappa shape index (κ2) is 8.03. The van der Waals surface area contributed by atoms with Crippen molar-refractivity contribution >= 4 is 15.9 Å². The van der Waals surface area contributed by atoms with Gasteiger partial charge >= 0.3 is 6.03 Å². The Morgan fingerprint density at radius 2 is 2.00 bits per heavy atom. The fourth-order valence-corrected chi connectivity index (χ4v) is 3.95. The largest absolute Gasteiger partial charge is 0.494 e. The molecule has 22 heavy (non-hydrogen) atoms. The maximum Gasteiger partial charge on any atom is 0.315 e. The number of sulfone groups is 1. The fraction of sp³-hybridized carbons (Fsp3) is 0.533. The van der Waals surface area contributed by atoms with Gasteiger partial charge in [-0.1, -0.05) is 18.2 Å². The lowest BCUT2D eigenvalue weighted by Gasteiger charge is -2.12. The molecule has 2 N–H and O–H groups in total. The summed E-state index contributed by atoms with van der Waals surface area (Å²) in [6.45, 7) is 1.15. The third-order valence-corrected chi connectivity index (χ3v) is 5.20. The van der Waals surface area contributed by atoms with Crippen LogP contribution in [0.25, 0.3) is 0 Å². The molecule has 0 bridgehead atoms. The van der Waals surface area contributed by atoms with Crippen LogP contribution in [-0.2, 0) is 9.84 Å². The van der Waals surface area contributed by atoms with Gasteiger partial charge in [-0.2, -0.15) is 0 Å². The molecule has 1 fully saturated rings. The van der Waals surface area contributed by atoms with Gasteiger partial charge in [0.2, 0.25) is 0 Å². The van der Waals surface area contributed by atoms with Crippen molar-refractivity contribution in [2.24, 2.45) is 0 Å². The molecule has 0 unspecified atom stereocenters. The van der Waals surface area contributed by atoms with Gasteiger partial charge in [0.15, 0.2) is 9.84 Å². The zero-order valence-electron chi connectivity index (χ0n) is 12.5. The number of urea groups is 1. The molecule has 1 saturated heterocycles. The number of carbonyl (C=O) groups is 1. The number of unbranched alkanes of at least 4 members (excludes halogenated alkanes) is 1. The summed E-state index contributed by atoms with van der Waals surface area (Å²) in [5.41, 5.74) is 0. The zero-order valence-corrected chi connectivity index (χ0v) is 13.3. The lowest BCUT2D eigenvalue weighted by molar-refractivity contribution is 0.237. The second-order valence-corrected chi connectivity index (χ2v) is 7.60. The van der Waals surface area contributed by atoms with E-state index in [0.29, 0.717) is 19.6 Å². The average Bonchev–Trinajstić information content (AvgIpc) is 2.82. The Hall–Kier alpha value is -1.76. The van der Waals surface area contributed by atoms with Gasteiger partial charge in [0, 0.05) is 12.6 Å². The quantitative estimate of drug-likeness (QED) is 0.740. The Kier molecular flexibility index (Phi) is 6.06. The van der Waals surface area contributed by atoms with Crippen molar-refractivity contribution in [1.82, 2.24) is 10.6 Å². The predicted molar refractivity (Wildman–Crippen MR) is 84.8 cm³/mol. The number of nitrogens with one attached hydrogen (secondary N) is 2. The van der Waals surface area contributed by atoms with E-state index in [1.54, 1.807) is 0 Å². The molecule has 1 atom stereocenters. The standard InChI is InChI=1S/C15H22N2O4S/c18-15(17-13-8-11-22(19,20)12-13)16-9-4-5-10-21-14-6-2-1-3-7-14/h1-3,6-7,13H,4-5,8-12H2,(H2,16,17,18)/t13-/m1/s1. The van der Waals surface area contributed by atoms with Gasteiger partial charge in [-0.15, -0.1) is 0 Å². The fourth-order valence-electron chi connectivity index (χ4n) is 2.28. The van der Waals surface area contributed by atoms with Crippen molar-refractivity contribution < 1.29 is 17.9 Å². The summed E-state index contributed by atoms with van der Waals surface area (Å²) in [6.07, 6.45) is 2.15. The number of para-hydroxylation sites is 1. The summed E-state index contributed by atoms with van der Waals surface area (Å²) in [6, 6.07) is 9.03. The third-order valence-electron chi connectivity index (χ3n) is 3.44. The van der Waals surface area contributed by atoms with Crippen molar-refractivity contribution in [3.8, 4) is 5.75 Å². The van der Waals surface area contributed by atoms with Crippen molar-refractivity contribution in [3.05, 3.63) is 30.3 Å². The Labute approximate surface area is 131 Å². The predicted octanol–water partition coefficient (Wildman–Crippen LogP) is 1.33. The Balaban J connectivity index is 1.51. The maximum atomic E-state index is 11.6. The Morgan fingerprint density at radius 1 is 1.23 bits per heavy atom.